The van der Waals surface area contributed by atoms with Gasteiger partial charge in [-0.25, -0.2) is 4.98 Å². The van der Waals surface area contributed by atoms with Crippen molar-refractivity contribution in [3.8, 4) is 0 Å². The Kier molecular flexibility index (Phi) is 1.32. The third-order valence-corrected chi connectivity index (χ3v) is 3.14. The third kappa shape index (κ3) is 1.83. The fraction of sp³-hybridized carbons (Fsp3) is 0.353. The van der Waals surface area contributed by atoms with Gasteiger partial charge < -0.3 is 4.42 Å². The molecule has 1 aromatic carbocycles. The highest BCUT2D eigenvalue weighted by Gasteiger charge is 2.23. The summed E-state index contributed by atoms with van der Waals surface area (Å²) in [5.41, 5.74) is 0.653. The van der Waals surface area contributed by atoms with E-state index >= 15 is 0 Å². The van der Waals surface area contributed by atoms with E-state index in [9.17, 15) is 0 Å². The number of hydrogen-bond acceptors (Lipinski definition) is 2. The third-order valence-electron chi connectivity index (χ3n) is 3.14. The van der Waals surface area contributed by atoms with E-state index in [-0.39, 0.29) is 34.6 Å². The highest BCUT2D eigenvalue weighted by Crippen LogP contribution is 2.37. The van der Waals surface area contributed by atoms with E-state index in [1.165, 1.54) is 0 Å². The average Bonchev–Trinajstić information content (AvgIpc) is 2.85. The van der Waals surface area contributed by atoms with Crippen LogP contribution in [0.15, 0.2) is 28.6 Å². The standard InChI is InChI=1S/C17H19NO/c1-10-6-8-12-13-9-7-11(2)18-16(13)19-15(12)14(10)17(3,4)5/h6-9H,1-5H3/i2D3,6D,7D,8D,9D. The van der Waals surface area contributed by atoms with Gasteiger partial charge in [0.2, 0.25) is 5.71 Å². The lowest BCUT2D eigenvalue weighted by Crippen LogP contribution is -2.13. The van der Waals surface area contributed by atoms with Crippen LogP contribution in [0.1, 0.15) is 47.2 Å². The van der Waals surface area contributed by atoms with Gasteiger partial charge in [-0.2, -0.15) is 0 Å². The van der Waals surface area contributed by atoms with Crippen molar-refractivity contribution in [3.63, 3.8) is 0 Å². The molecule has 0 fully saturated rings. The molecule has 0 radical (unpaired) electrons. The second-order valence-electron chi connectivity index (χ2n) is 5.70. The molecule has 0 aliphatic rings. The molecule has 19 heavy (non-hydrogen) atoms. The van der Waals surface area contributed by atoms with Crippen molar-refractivity contribution in [2.75, 3.05) is 0 Å². The molecule has 0 atom stereocenters. The second kappa shape index (κ2) is 3.83. The van der Waals surface area contributed by atoms with Crippen LogP contribution in [0.25, 0.3) is 22.1 Å². The molecular formula is C17H19NO. The first-order chi connectivity index (χ1) is 11.8. The Morgan fingerprint density at radius 3 is 2.58 bits per heavy atom. The molecule has 98 valence electrons. The SMILES string of the molecule is [2H]c1c(C([2H])([2H])[2H])nc2oc3c(C(C)(C)C)c(C)c([2H])c([2H])c3c2c1[2H]. The number of aromatic nitrogens is 1. The van der Waals surface area contributed by atoms with E-state index in [4.69, 9.17) is 14.0 Å². The summed E-state index contributed by atoms with van der Waals surface area (Å²) < 4.78 is 61.3. The van der Waals surface area contributed by atoms with Crippen LogP contribution in [0.4, 0.5) is 0 Å². The molecule has 3 rings (SSSR count). The van der Waals surface area contributed by atoms with Gasteiger partial charge in [-0.05, 0) is 36.8 Å². The predicted octanol–water partition coefficient (Wildman–Crippen LogP) is 4.90. The van der Waals surface area contributed by atoms with Crippen LogP contribution in [0, 0.1) is 13.8 Å². The number of rotatable bonds is 0. The summed E-state index contributed by atoms with van der Waals surface area (Å²) in [6.45, 7) is 4.94. The summed E-state index contributed by atoms with van der Waals surface area (Å²) in [5.74, 6) is 0. The Bertz CT molecular complexity index is 1060. The molecule has 0 spiro atoms. The van der Waals surface area contributed by atoms with Crippen molar-refractivity contribution >= 4 is 22.1 Å². The highest BCUT2D eigenvalue weighted by atomic mass is 16.3. The van der Waals surface area contributed by atoms with Gasteiger partial charge in [-0.1, -0.05) is 32.9 Å². The summed E-state index contributed by atoms with van der Waals surface area (Å²) in [4.78, 5) is 3.99. The first kappa shape index (κ1) is 6.56. The fourth-order valence-electron chi connectivity index (χ4n) is 2.45. The van der Waals surface area contributed by atoms with Crippen LogP contribution in [-0.4, -0.2) is 4.98 Å². The maximum Gasteiger partial charge on any atom is 0.227 e. The van der Waals surface area contributed by atoms with Gasteiger partial charge >= 0.3 is 0 Å². The zero-order chi connectivity index (χ0) is 19.8. The number of pyridine rings is 1. The molecular weight excluding hydrogens is 234 g/mol. The van der Waals surface area contributed by atoms with Gasteiger partial charge in [0.1, 0.15) is 5.58 Å². The van der Waals surface area contributed by atoms with Gasteiger partial charge in [-0.3, -0.25) is 0 Å². The molecule has 3 aromatic rings. The number of benzene rings is 1. The Balaban J connectivity index is 2.63. The average molecular weight is 260 g/mol. The fourth-order valence-corrected chi connectivity index (χ4v) is 2.45. The Morgan fingerprint density at radius 1 is 1.16 bits per heavy atom. The quantitative estimate of drug-likeness (QED) is 0.575. The van der Waals surface area contributed by atoms with E-state index in [2.05, 4.69) is 4.98 Å². The zero-order valence-corrected chi connectivity index (χ0v) is 11.4. The Labute approximate surface area is 123 Å². The van der Waals surface area contributed by atoms with Gasteiger partial charge in [0.25, 0.3) is 0 Å². The zero-order valence-electron chi connectivity index (χ0n) is 18.4. The lowest BCUT2D eigenvalue weighted by atomic mass is 9.83. The molecule has 0 saturated heterocycles. The normalized spacial score (nSPS) is 18.4. The van der Waals surface area contributed by atoms with Crippen molar-refractivity contribution in [1.29, 1.82) is 0 Å². The first-order valence-electron chi connectivity index (χ1n) is 9.61. The minimum atomic E-state index is -2.65. The van der Waals surface area contributed by atoms with Crippen LogP contribution in [0.5, 0.6) is 0 Å². The molecule has 0 N–H and O–H groups in total. The number of fused-ring (bicyclic) bond motifs is 3. The maximum atomic E-state index is 8.34. The van der Waals surface area contributed by atoms with Crippen molar-refractivity contribution in [2.45, 2.75) is 40.0 Å². The monoisotopic (exact) mass is 260 g/mol. The lowest BCUT2D eigenvalue weighted by molar-refractivity contribution is 0.566. The van der Waals surface area contributed by atoms with E-state index in [0.717, 1.165) is 0 Å². The molecule has 2 nitrogen and oxygen atoms in total. The van der Waals surface area contributed by atoms with Crippen molar-refractivity contribution in [3.05, 3.63) is 41.0 Å². The molecule has 0 aliphatic heterocycles. The number of furan rings is 1. The van der Waals surface area contributed by atoms with Crippen molar-refractivity contribution < 1.29 is 14.0 Å². The molecule has 2 aromatic heterocycles. The van der Waals surface area contributed by atoms with E-state index < -0.39 is 24.0 Å². The van der Waals surface area contributed by atoms with E-state index in [0.29, 0.717) is 16.7 Å². The van der Waals surface area contributed by atoms with Gasteiger partial charge in [0.15, 0.2) is 0 Å². The topological polar surface area (TPSA) is 26.0 Å². The summed E-state index contributed by atoms with van der Waals surface area (Å²) in [6.07, 6.45) is 0. The predicted molar refractivity (Wildman–Crippen MR) is 79.7 cm³/mol. The van der Waals surface area contributed by atoms with Crippen LogP contribution in [0.3, 0.4) is 0 Å². The highest BCUT2D eigenvalue weighted by molar-refractivity contribution is 6.05. The van der Waals surface area contributed by atoms with Crippen LogP contribution >= 0.6 is 0 Å². The Hall–Kier alpha value is -1.83. The summed E-state index contributed by atoms with van der Waals surface area (Å²) in [6, 6.07) is -0.947. The van der Waals surface area contributed by atoms with Gasteiger partial charge in [0.05, 0.1) is 5.48 Å². The summed E-state index contributed by atoms with van der Waals surface area (Å²) in [7, 11) is 0. The van der Waals surface area contributed by atoms with Crippen molar-refractivity contribution in [2.24, 2.45) is 0 Å². The molecule has 0 saturated carbocycles. The minimum Gasteiger partial charge on any atom is -0.437 e. The number of aryl methyl sites for hydroxylation is 1. The largest absolute Gasteiger partial charge is 0.437 e. The number of hydrogen-bond donors (Lipinski definition) is 0. The summed E-state index contributed by atoms with van der Waals surface area (Å²) >= 11 is 0. The second-order valence-corrected chi connectivity index (χ2v) is 5.70. The summed E-state index contributed by atoms with van der Waals surface area (Å²) in [5, 5.41) is 0.352. The smallest absolute Gasteiger partial charge is 0.227 e. The van der Waals surface area contributed by atoms with Crippen molar-refractivity contribution in [1.82, 2.24) is 4.98 Å². The molecule has 2 heterocycles. The van der Waals surface area contributed by atoms with Gasteiger partial charge in [-0.15, -0.1) is 0 Å². The van der Waals surface area contributed by atoms with E-state index in [1.54, 1.807) is 6.92 Å². The van der Waals surface area contributed by atoms with Crippen LogP contribution in [0.2, 0.25) is 0 Å². The molecule has 0 unspecified atom stereocenters. The Morgan fingerprint density at radius 2 is 1.89 bits per heavy atom. The molecule has 0 amide bonds. The lowest BCUT2D eigenvalue weighted by Gasteiger charge is -2.21. The number of nitrogens with zero attached hydrogens (tertiary/aromatic N) is 1. The van der Waals surface area contributed by atoms with Gasteiger partial charge in [0, 0.05) is 26.1 Å². The maximum absolute atomic E-state index is 8.34. The van der Waals surface area contributed by atoms with E-state index in [1.807, 2.05) is 20.8 Å². The van der Waals surface area contributed by atoms with Crippen LogP contribution < -0.4 is 0 Å². The molecule has 2 heteroatoms. The first-order valence-corrected chi connectivity index (χ1v) is 6.11. The molecule has 0 bridgehead atoms. The molecule has 0 aliphatic carbocycles. The minimum absolute atomic E-state index is 0.0240. The van der Waals surface area contributed by atoms with Crippen LogP contribution in [-0.2, 0) is 5.41 Å².